The van der Waals surface area contributed by atoms with E-state index in [9.17, 15) is 8.42 Å². The van der Waals surface area contributed by atoms with Crippen molar-refractivity contribution in [2.24, 2.45) is 4.99 Å². The van der Waals surface area contributed by atoms with Gasteiger partial charge >= 0.3 is 0 Å². The third-order valence-corrected chi connectivity index (χ3v) is 5.46. The van der Waals surface area contributed by atoms with E-state index in [0.29, 0.717) is 32.6 Å². The number of hydrogen-bond donors (Lipinski definition) is 1. The van der Waals surface area contributed by atoms with E-state index >= 15 is 0 Å². The predicted molar refractivity (Wildman–Crippen MR) is 106 cm³/mol. The largest absolute Gasteiger partial charge is 0.357 e. The summed E-state index contributed by atoms with van der Waals surface area (Å²) < 4.78 is 24.6. The number of nitrogens with one attached hydrogen (secondary N) is 1. The monoisotopic (exact) mass is 388 g/mol. The minimum absolute atomic E-state index is 0.479. The molecule has 1 N–H and O–H groups in total. The molecule has 0 radical (unpaired) electrons. The highest BCUT2D eigenvalue weighted by atomic mass is 35.5. The molecule has 0 fully saturated rings. The molecule has 0 amide bonds. The highest BCUT2D eigenvalue weighted by molar-refractivity contribution is 7.88. The molecule has 1 rings (SSSR count). The van der Waals surface area contributed by atoms with Gasteiger partial charge < -0.3 is 10.2 Å². The quantitative estimate of drug-likeness (QED) is 0.401. The van der Waals surface area contributed by atoms with Crippen molar-refractivity contribution < 1.29 is 8.42 Å². The highest BCUT2D eigenvalue weighted by Crippen LogP contribution is 2.16. The lowest BCUT2D eigenvalue weighted by Crippen LogP contribution is -2.38. The van der Waals surface area contributed by atoms with Crippen molar-refractivity contribution in [1.82, 2.24) is 14.5 Å². The second-order valence-electron chi connectivity index (χ2n) is 5.79. The Kier molecular flexibility index (Phi) is 9.24. The van der Waals surface area contributed by atoms with Gasteiger partial charge in [-0.2, -0.15) is 0 Å². The third kappa shape index (κ3) is 7.63. The first-order valence-electron chi connectivity index (χ1n) is 8.47. The van der Waals surface area contributed by atoms with Crippen LogP contribution in [0.25, 0.3) is 0 Å². The Labute approximate surface area is 156 Å². The van der Waals surface area contributed by atoms with Crippen LogP contribution in [0.2, 0.25) is 5.02 Å². The van der Waals surface area contributed by atoms with E-state index in [-0.39, 0.29) is 0 Å². The highest BCUT2D eigenvalue weighted by Gasteiger charge is 2.13. The first-order valence-corrected chi connectivity index (χ1v) is 10.7. The van der Waals surface area contributed by atoms with Crippen LogP contribution in [0.15, 0.2) is 29.3 Å². The molecule has 0 aliphatic heterocycles. The maximum atomic E-state index is 11.6. The first kappa shape index (κ1) is 21.7. The molecule has 0 spiro atoms. The molecule has 0 saturated heterocycles. The summed E-state index contributed by atoms with van der Waals surface area (Å²) in [5, 5.41) is 3.99. The molecule has 0 aliphatic carbocycles. The summed E-state index contributed by atoms with van der Waals surface area (Å²) in [6.45, 7) is 6.78. The third-order valence-electron chi connectivity index (χ3n) is 3.71. The Morgan fingerprint density at radius 3 is 2.52 bits per heavy atom. The zero-order valence-electron chi connectivity index (χ0n) is 15.5. The van der Waals surface area contributed by atoms with E-state index in [4.69, 9.17) is 11.6 Å². The molecule has 6 nitrogen and oxygen atoms in total. The lowest BCUT2D eigenvalue weighted by molar-refractivity contribution is 0.425. The number of sulfonamides is 1. The van der Waals surface area contributed by atoms with Crippen LogP contribution in [0.5, 0.6) is 0 Å². The lowest BCUT2D eigenvalue weighted by atomic mass is 10.2. The van der Waals surface area contributed by atoms with Crippen molar-refractivity contribution in [3.05, 3.63) is 34.9 Å². The molecule has 0 unspecified atom stereocenters. The first-order chi connectivity index (χ1) is 11.8. The van der Waals surface area contributed by atoms with Crippen LogP contribution in [0.1, 0.15) is 25.8 Å². The summed E-state index contributed by atoms with van der Waals surface area (Å²) in [6.07, 6.45) is 1.91. The molecule has 0 saturated carbocycles. The van der Waals surface area contributed by atoms with Crippen LogP contribution in [-0.2, 0) is 16.6 Å². The molecule has 0 aliphatic rings. The maximum absolute atomic E-state index is 11.6. The van der Waals surface area contributed by atoms with Gasteiger partial charge in [-0.25, -0.2) is 12.7 Å². The van der Waals surface area contributed by atoms with Crippen LogP contribution >= 0.6 is 11.6 Å². The van der Waals surface area contributed by atoms with Crippen LogP contribution in [0, 0.1) is 0 Å². The average molecular weight is 389 g/mol. The van der Waals surface area contributed by atoms with Crippen molar-refractivity contribution >= 4 is 27.6 Å². The van der Waals surface area contributed by atoms with Crippen molar-refractivity contribution in [3.8, 4) is 0 Å². The number of aliphatic imine (C=N–C) groups is 1. The van der Waals surface area contributed by atoms with E-state index < -0.39 is 10.0 Å². The summed E-state index contributed by atoms with van der Waals surface area (Å²) >= 11 is 6.22. The molecular formula is C17H29ClN4O2S. The fraction of sp³-hybridized carbons (Fsp3) is 0.588. The summed E-state index contributed by atoms with van der Waals surface area (Å²) in [5.74, 6) is 0.782. The van der Waals surface area contributed by atoms with Gasteiger partial charge in [0.25, 0.3) is 0 Å². The maximum Gasteiger partial charge on any atom is 0.211 e. The van der Waals surface area contributed by atoms with Gasteiger partial charge in [0.05, 0.1) is 6.26 Å². The second kappa shape index (κ2) is 10.6. The predicted octanol–water partition coefficient (Wildman–Crippen LogP) is 2.41. The fourth-order valence-electron chi connectivity index (χ4n) is 2.42. The van der Waals surface area contributed by atoms with Crippen LogP contribution in [-0.4, -0.2) is 63.1 Å². The summed E-state index contributed by atoms with van der Waals surface area (Å²) in [7, 11) is -1.19. The Bertz CT molecular complexity index is 664. The van der Waals surface area contributed by atoms with Gasteiger partial charge in [0.15, 0.2) is 5.96 Å². The van der Waals surface area contributed by atoms with Gasteiger partial charge in [0, 0.05) is 44.8 Å². The molecule has 0 atom stereocenters. The minimum atomic E-state index is -3.14. The van der Waals surface area contributed by atoms with Gasteiger partial charge in [0.2, 0.25) is 10.0 Å². The lowest BCUT2D eigenvalue weighted by Gasteiger charge is -2.23. The smallest absolute Gasteiger partial charge is 0.211 e. The van der Waals surface area contributed by atoms with Crippen molar-refractivity contribution in [3.63, 3.8) is 0 Å². The van der Waals surface area contributed by atoms with Gasteiger partial charge in [0.1, 0.15) is 0 Å². The van der Waals surface area contributed by atoms with Crippen molar-refractivity contribution in [2.75, 3.05) is 39.5 Å². The summed E-state index contributed by atoms with van der Waals surface area (Å²) in [4.78, 5) is 6.61. The standard InChI is InChI=1S/C17H29ClN4O2S/c1-5-19-17(20-12-9-13-22(6-2)25(4,23)24)21(3)14-15-10-7-8-11-16(15)18/h7-8,10-11H,5-6,9,12-14H2,1-4H3,(H,19,20). The summed E-state index contributed by atoms with van der Waals surface area (Å²) in [6, 6.07) is 7.74. The molecule has 142 valence electrons. The molecule has 1 aromatic rings. The number of benzene rings is 1. The van der Waals surface area contributed by atoms with E-state index in [1.807, 2.05) is 50.1 Å². The van der Waals surface area contributed by atoms with Gasteiger partial charge in [-0.1, -0.05) is 36.7 Å². The van der Waals surface area contributed by atoms with Crippen LogP contribution in [0.3, 0.4) is 0 Å². The van der Waals surface area contributed by atoms with Crippen LogP contribution < -0.4 is 5.32 Å². The number of rotatable bonds is 9. The molecule has 8 heteroatoms. The Hall–Kier alpha value is -1.31. The van der Waals surface area contributed by atoms with E-state index in [1.54, 1.807) is 0 Å². The second-order valence-corrected chi connectivity index (χ2v) is 8.18. The van der Waals surface area contributed by atoms with E-state index in [2.05, 4.69) is 10.3 Å². The average Bonchev–Trinajstić information content (AvgIpc) is 2.54. The van der Waals surface area contributed by atoms with Gasteiger partial charge in [-0.15, -0.1) is 0 Å². The van der Waals surface area contributed by atoms with E-state index in [1.165, 1.54) is 10.6 Å². The van der Waals surface area contributed by atoms with Crippen molar-refractivity contribution in [1.29, 1.82) is 0 Å². The molecular weight excluding hydrogens is 360 g/mol. The zero-order chi connectivity index (χ0) is 18.9. The number of hydrogen-bond acceptors (Lipinski definition) is 3. The molecule has 0 heterocycles. The number of halogens is 1. The number of guanidine groups is 1. The molecule has 0 aromatic heterocycles. The van der Waals surface area contributed by atoms with E-state index in [0.717, 1.165) is 23.1 Å². The fourth-order valence-corrected chi connectivity index (χ4v) is 3.54. The molecule has 1 aromatic carbocycles. The SMILES string of the molecule is CCNC(=NCCCN(CC)S(C)(=O)=O)N(C)Cc1ccccc1Cl. The molecule has 25 heavy (non-hydrogen) atoms. The summed E-state index contributed by atoms with van der Waals surface area (Å²) in [5.41, 5.74) is 1.03. The molecule has 0 bridgehead atoms. The normalized spacial score (nSPS) is 12.5. The Morgan fingerprint density at radius 1 is 1.28 bits per heavy atom. The number of nitrogens with zero attached hydrogens (tertiary/aromatic N) is 3. The van der Waals surface area contributed by atoms with Crippen LogP contribution in [0.4, 0.5) is 0 Å². The van der Waals surface area contributed by atoms with Gasteiger partial charge in [-0.3, -0.25) is 4.99 Å². The topological polar surface area (TPSA) is 65.0 Å². The minimum Gasteiger partial charge on any atom is -0.357 e. The Morgan fingerprint density at radius 2 is 1.96 bits per heavy atom. The van der Waals surface area contributed by atoms with Crippen molar-refractivity contribution in [2.45, 2.75) is 26.8 Å². The Balaban J connectivity index is 2.65. The van der Waals surface area contributed by atoms with Gasteiger partial charge in [-0.05, 0) is 25.0 Å². The zero-order valence-corrected chi connectivity index (χ0v) is 17.1.